The standard InChI is InChI=1S/C28H34FN7O2/c1-19-26-22-7-4-5-12-35(22)28(37)21-17-20(29)8-9-23(21)38-16-15-32(2)13-14-33(3)25-18-24(34-10-6-11-34)30-27(19)36(25)31-26/h17-18,22H,4-7,10-16H2,1-3H3/t22-/m0/s1. The average Bonchev–Trinajstić information content (AvgIpc) is 3.22. The number of likely N-dealkylation sites (N-methyl/N-ethyl adjacent to an activating group) is 2. The lowest BCUT2D eigenvalue weighted by atomic mass is 9.96. The minimum absolute atomic E-state index is 0.183. The first kappa shape index (κ1) is 24.7. The van der Waals surface area contributed by atoms with Gasteiger partial charge in [-0.25, -0.2) is 4.98 Å². The van der Waals surface area contributed by atoms with Crippen molar-refractivity contribution in [2.75, 3.05) is 69.8 Å². The van der Waals surface area contributed by atoms with Crippen LogP contribution in [-0.4, -0.2) is 90.3 Å². The number of nitrogens with zero attached hydrogens (tertiary/aromatic N) is 7. The van der Waals surface area contributed by atoms with Gasteiger partial charge in [0.15, 0.2) is 17.2 Å². The van der Waals surface area contributed by atoms with E-state index < -0.39 is 5.82 Å². The summed E-state index contributed by atoms with van der Waals surface area (Å²) in [7, 11) is 4.12. The molecule has 0 N–H and O–H groups in total. The van der Waals surface area contributed by atoms with Gasteiger partial charge in [0, 0.05) is 57.9 Å². The Morgan fingerprint density at radius 3 is 2.66 bits per heavy atom. The molecule has 2 saturated heterocycles. The van der Waals surface area contributed by atoms with Crippen LogP contribution < -0.4 is 14.5 Å². The number of amides is 1. The number of aryl methyl sites for hydroxylation is 1. The van der Waals surface area contributed by atoms with E-state index in [0.29, 0.717) is 19.7 Å². The molecule has 1 aromatic carbocycles. The first-order valence-corrected chi connectivity index (χ1v) is 13.5. The molecule has 1 amide bonds. The number of rotatable bonds is 1. The van der Waals surface area contributed by atoms with Crippen molar-refractivity contribution in [1.29, 1.82) is 0 Å². The lowest BCUT2D eigenvalue weighted by Crippen LogP contribution is -2.39. The Labute approximate surface area is 222 Å². The van der Waals surface area contributed by atoms with Gasteiger partial charge in [-0.15, -0.1) is 0 Å². The van der Waals surface area contributed by atoms with Crippen LogP contribution in [-0.2, 0) is 0 Å². The van der Waals surface area contributed by atoms with Crippen molar-refractivity contribution in [2.45, 2.75) is 38.6 Å². The molecule has 38 heavy (non-hydrogen) atoms. The van der Waals surface area contributed by atoms with E-state index in [2.05, 4.69) is 39.9 Å². The van der Waals surface area contributed by atoms with Gasteiger partial charge in [0.1, 0.15) is 18.2 Å². The minimum Gasteiger partial charge on any atom is -0.483 e. The van der Waals surface area contributed by atoms with Crippen molar-refractivity contribution in [1.82, 2.24) is 24.4 Å². The summed E-state index contributed by atoms with van der Waals surface area (Å²) in [5, 5.41) is 5.10. The highest BCUT2D eigenvalue weighted by atomic mass is 19.1. The second-order valence-electron chi connectivity index (χ2n) is 10.6. The van der Waals surface area contributed by atoms with Crippen LogP contribution in [0.1, 0.15) is 53.3 Å². The van der Waals surface area contributed by atoms with Crippen molar-refractivity contribution in [3.05, 3.63) is 46.9 Å². The van der Waals surface area contributed by atoms with Crippen LogP contribution in [0.2, 0.25) is 0 Å². The fraction of sp³-hybridized carbons (Fsp3) is 0.536. The van der Waals surface area contributed by atoms with Gasteiger partial charge in [0.2, 0.25) is 0 Å². The molecule has 10 heteroatoms. The van der Waals surface area contributed by atoms with Gasteiger partial charge < -0.3 is 24.3 Å². The summed E-state index contributed by atoms with van der Waals surface area (Å²) < 4.78 is 22.2. The van der Waals surface area contributed by atoms with Crippen molar-refractivity contribution in [3.63, 3.8) is 0 Å². The number of piperidine rings is 1. The monoisotopic (exact) mass is 519 g/mol. The van der Waals surface area contributed by atoms with E-state index in [4.69, 9.17) is 14.8 Å². The molecule has 0 radical (unpaired) electrons. The van der Waals surface area contributed by atoms with Crippen LogP contribution in [0.25, 0.3) is 5.65 Å². The molecule has 0 saturated carbocycles. The number of carbonyl (C=O) groups is 1. The van der Waals surface area contributed by atoms with Crippen molar-refractivity contribution in [2.24, 2.45) is 0 Å². The molecule has 200 valence electrons. The number of ether oxygens (including phenoxy) is 1. The number of hydrogen-bond acceptors (Lipinski definition) is 7. The van der Waals surface area contributed by atoms with Gasteiger partial charge in [-0.05, 0) is 57.9 Å². The average molecular weight is 520 g/mol. The summed E-state index contributed by atoms with van der Waals surface area (Å²) in [6, 6.07) is 8.28. The number of halogens is 1. The van der Waals surface area contributed by atoms with Gasteiger partial charge in [0.05, 0.1) is 17.3 Å². The van der Waals surface area contributed by atoms with Crippen LogP contribution >= 0.6 is 0 Å². The zero-order chi connectivity index (χ0) is 26.4. The summed E-state index contributed by atoms with van der Waals surface area (Å²) in [6.07, 6.45) is 3.82. The Bertz CT molecular complexity index is 1350. The third-order valence-electron chi connectivity index (χ3n) is 8.05. The lowest BCUT2D eigenvalue weighted by molar-refractivity contribution is 0.0599. The van der Waals surface area contributed by atoms with Crippen LogP contribution in [0.4, 0.5) is 16.0 Å². The highest BCUT2D eigenvalue weighted by Crippen LogP contribution is 2.37. The fourth-order valence-corrected chi connectivity index (χ4v) is 5.56. The molecule has 1 atom stereocenters. The number of anilines is 2. The van der Waals surface area contributed by atoms with Gasteiger partial charge in [-0.3, -0.25) is 4.79 Å². The molecule has 0 unspecified atom stereocenters. The van der Waals surface area contributed by atoms with Crippen LogP contribution in [0.5, 0.6) is 5.75 Å². The molecular weight excluding hydrogens is 485 g/mol. The maximum absolute atomic E-state index is 14.3. The smallest absolute Gasteiger partial charge is 0.259 e. The summed E-state index contributed by atoms with van der Waals surface area (Å²) in [5.74, 6) is 1.30. The molecule has 2 bridgehead atoms. The molecule has 3 aliphatic rings. The van der Waals surface area contributed by atoms with Crippen molar-refractivity contribution in [3.8, 4) is 5.75 Å². The minimum atomic E-state index is -0.625. The zero-order valence-electron chi connectivity index (χ0n) is 22.3. The molecule has 2 fully saturated rings. The third kappa shape index (κ3) is 4.39. The van der Waals surface area contributed by atoms with E-state index in [9.17, 15) is 9.18 Å². The van der Waals surface area contributed by atoms with Gasteiger partial charge >= 0.3 is 0 Å². The van der Waals surface area contributed by atoms with Gasteiger partial charge in [0.25, 0.3) is 5.91 Å². The molecule has 3 aromatic rings. The lowest BCUT2D eigenvalue weighted by Gasteiger charge is -2.35. The Morgan fingerprint density at radius 2 is 1.87 bits per heavy atom. The van der Waals surface area contributed by atoms with Crippen molar-refractivity contribution >= 4 is 23.2 Å². The SMILES string of the molecule is Cc1c2nn3c(cc(N4CCC4)nc13)N(C)CCN(C)CCOc1c#cc(F)cc1C(=O)N1CCCC[C@@H]21. The van der Waals surface area contributed by atoms with Crippen LogP contribution in [0.15, 0.2) is 12.1 Å². The largest absolute Gasteiger partial charge is 0.483 e. The normalized spacial score (nSPS) is 21.1. The summed E-state index contributed by atoms with van der Waals surface area (Å²) in [5.41, 5.74) is 2.82. The van der Waals surface area contributed by atoms with E-state index in [1.807, 2.05) is 23.4 Å². The predicted molar refractivity (Wildman–Crippen MR) is 143 cm³/mol. The third-order valence-corrected chi connectivity index (χ3v) is 8.05. The second kappa shape index (κ2) is 9.95. The van der Waals surface area contributed by atoms with Crippen LogP contribution in [0.3, 0.4) is 0 Å². The number of hydrogen-bond donors (Lipinski definition) is 0. The Kier molecular flexibility index (Phi) is 6.48. The topological polar surface area (TPSA) is 69.5 Å². The Hall–Kier alpha value is -3.58. The summed E-state index contributed by atoms with van der Waals surface area (Å²) >= 11 is 0. The van der Waals surface area contributed by atoms with E-state index in [1.165, 1.54) is 12.5 Å². The molecule has 5 heterocycles. The van der Waals surface area contributed by atoms with E-state index in [-0.39, 0.29) is 23.3 Å². The quantitative estimate of drug-likeness (QED) is 0.489. The molecule has 6 rings (SSSR count). The Morgan fingerprint density at radius 1 is 1.03 bits per heavy atom. The summed E-state index contributed by atoms with van der Waals surface area (Å²) in [6.45, 7) is 7.23. The van der Waals surface area contributed by atoms with E-state index >= 15 is 0 Å². The van der Waals surface area contributed by atoms with Crippen molar-refractivity contribution < 1.29 is 13.9 Å². The molecular formula is C28H34FN7O2. The highest BCUT2D eigenvalue weighted by molar-refractivity contribution is 5.97. The van der Waals surface area contributed by atoms with Crippen LogP contribution in [0, 0.1) is 24.9 Å². The highest BCUT2D eigenvalue weighted by Gasteiger charge is 2.34. The van der Waals surface area contributed by atoms with E-state index in [1.54, 1.807) is 0 Å². The number of aromatic nitrogens is 3. The second-order valence-corrected chi connectivity index (χ2v) is 10.6. The Balaban J connectivity index is 1.50. The van der Waals surface area contributed by atoms with E-state index in [0.717, 1.165) is 74.0 Å². The maximum atomic E-state index is 14.3. The van der Waals surface area contributed by atoms with Gasteiger partial charge in [-0.1, -0.05) is 0 Å². The number of carbonyl (C=O) groups excluding carboxylic acids is 1. The van der Waals surface area contributed by atoms with Gasteiger partial charge in [-0.2, -0.15) is 14.0 Å². The first-order valence-electron chi connectivity index (χ1n) is 13.5. The molecule has 0 spiro atoms. The molecule has 2 aromatic heterocycles. The predicted octanol–water partition coefficient (Wildman–Crippen LogP) is 3.12. The first-order chi connectivity index (χ1) is 18.4. The molecule has 0 aliphatic carbocycles. The number of fused-ring (bicyclic) bond motifs is 4. The fourth-order valence-electron chi connectivity index (χ4n) is 5.56. The summed E-state index contributed by atoms with van der Waals surface area (Å²) in [4.78, 5) is 27.5. The zero-order valence-corrected chi connectivity index (χ0v) is 22.3. The molecule has 3 aliphatic heterocycles. The molecule has 9 nitrogen and oxygen atoms in total. The maximum Gasteiger partial charge on any atom is 0.259 e.